The molecule has 0 aliphatic heterocycles. The first-order chi connectivity index (χ1) is 6.66. The smallest absolute Gasteiger partial charge is 0.252 e. The Labute approximate surface area is 82.5 Å². The highest BCUT2D eigenvalue weighted by Gasteiger charge is 2.22. The summed E-state index contributed by atoms with van der Waals surface area (Å²) in [5, 5.41) is 9.35. The molecule has 0 unspecified atom stereocenters. The molecular weight excluding hydrogens is 178 g/mol. The first-order valence-electron chi connectivity index (χ1n) is 4.78. The molecule has 74 valence electrons. The Kier molecular flexibility index (Phi) is 2.15. The number of carbonyl (C=O) groups excluding carboxylic acids is 1. The number of hydrogen-bond acceptors (Lipinski definition) is 2. The number of benzene rings is 1. The molecule has 0 saturated heterocycles. The molecule has 1 aliphatic carbocycles. The zero-order valence-corrected chi connectivity index (χ0v) is 7.86. The lowest BCUT2D eigenvalue weighted by atomic mass is 10.0. The Bertz CT molecular complexity index is 370. The van der Waals surface area contributed by atoms with E-state index in [1.54, 1.807) is 6.07 Å². The molecule has 1 aromatic rings. The van der Waals surface area contributed by atoms with Gasteiger partial charge in [0.15, 0.2) is 0 Å². The van der Waals surface area contributed by atoms with Crippen LogP contribution in [0, 0.1) is 5.92 Å². The Balaban J connectivity index is 2.24. The number of phenols is 1. The highest BCUT2D eigenvalue weighted by molar-refractivity contribution is 5.95. The fourth-order valence-electron chi connectivity index (χ4n) is 1.56. The van der Waals surface area contributed by atoms with E-state index in [1.807, 2.05) is 6.07 Å². The number of amides is 1. The lowest BCUT2D eigenvalue weighted by Crippen LogP contribution is -2.11. The molecule has 2 rings (SSSR count). The fourth-order valence-corrected chi connectivity index (χ4v) is 1.56. The van der Waals surface area contributed by atoms with Crippen LogP contribution in [0.15, 0.2) is 18.2 Å². The first-order valence-corrected chi connectivity index (χ1v) is 4.78. The number of rotatable bonds is 3. The van der Waals surface area contributed by atoms with E-state index in [1.165, 1.54) is 18.9 Å². The summed E-state index contributed by atoms with van der Waals surface area (Å²) in [6, 6.07) is 5.08. The van der Waals surface area contributed by atoms with E-state index in [4.69, 9.17) is 5.73 Å². The Morgan fingerprint density at radius 2 is 2.21 bits per heavy atom. The van der Waals surface area contributed by atoms with Gasteiger partial charge in [0, 0.05) is 0 Å². The van der Waals surface area contributed by atoms with Crippen LogP contribution in [0.1, 0.15) is 28.8 Å². The summed E-state index contributed by atoms with van der Waals surface area (Å²) in [6.07, 6.45) is 3.53. The van der Waals surface area contributed by atoms with Crippen molar-refractivity contribution in [3.8, 4) is 5.75 Å². The number of aromatic hydroxyl groups is 1. The maximum Gasteiger partial charge on any atom is 0.252 e. The van der Waals surface area contributed by atoms with Crippen LogP contribution < -0.4 is 5.73 Å². The van der Waals surface area contributed by atoms with Gasteiger partial charge in [-0.3, -0.25) is 4.79 Å². The van der Waals surface area contributed by atoms with Crippen LogP contribution in [0.2, 0.25) is 0 Å². The number of nitrogens with two attached hydrogens (primary N) is 1. The summed E-state index contributed by atoms with van der Waals surface area (Å²) in [5.41, 5.74) is 6.44. The second kappa shape index (κ2) is 3.33. The van der Waals surface area contributed by atoms with Crippen molar-refractivity contribution in [1.82, 2.24) is 0 Å². The van der Waals surface area contributed by atoms with Crippen LogP contribution in [0.5, 0.6) is 5.75 Å². The third-order valence-corrected chi connectivity index (χ3v) is 2.55. The van der Waals surface area contributed by atoms with Gasteiger partial charge in [-0.2, -0.15) is 0 Å². The van der Waals surface area contributed by atoms with E-state index in [9.17, 15) is 9.90 Å². The molecule has 1 fully saturated rings. The normalized spacial score (nSPS) is 15.4. The van der Waals surface area contributed by atoms with Gasteiger partial charge in [-0.25, -0.2) is 0 Å². The minimum atomic E-state index is -0.569. The molecule has 0 radical (unpaired) electrons. The summed E-state index contributed by atoms with van der Waals surface area (Å²) < 4.78 is 0. The quantitative estimate of drug-likeness (QED) is 0.759. The molecule has 3 nitrogen and oxygen atoms in total. The molecule has 3 heteroatoms. The van der Waals surface area contributed by atoms with Crippen LogP contribution >= 0.6 is 0 Å². The van der Waals surface area contributed by atoms with Crippen LogP contribution in [-0.4, -0.2) is 11.0 Å². The second-order valence-electron chi connectivity index (χ2n) is 3.86. The molecule has 3 N–H and O–H groups in total. The lowest BCUT2D eigenvalue weighted by molar-refractivity contribution is 0.0997. The van der Waals surface area contributed by atoms with Gasteiger partial charge in [-0.15, -0.1) is 0 Å². The largest absolute Gasteiger partial charge is 0.507 e. The van der Waals surface area contributed by atoms with Crippen molar-refractivity contribution in [2.45, 2.75) is 19.3 Å². The van der Waals surface area contributed by atoms with Crippen molar-refractivity contribution < 1.29 is 9.90 Å². The summed E-state index contributed by atoms with van der Waals surface area (Å²) in [6.45, 7) is 0. The lowest BCUT2D eigenvalue weighted by Gasteiger charge is -2.04. The maximum absolute atomic E-state index is 10.9. The Morgan fingerprint density at radius 3 is 2.79 bits per heavy atom. The molecule has 0 heterocycles. The molecular formula is C11H13NO2. The fraction of sp³-hybridized carbons (Fsp3) is 0.364. The number of carbonyl (C=O) groups is 1. The number of hydrogen-bond donors (Lipinski definition) is 2. The summed E-state index contributed by atoms with van der Waals surface area (Å²) in [7, 11) is 0. The van der Waals surface area contributed by atoms with Crippen molar-refractivity contribution in [3.05, 3.63) is 29.3 Å². The van der Waals surface area contributed by atoms with Gasteiger partial charge >= 0.3 is 0 Å². The molecule has 14 heavy (non-hydrogen) atoms. The zero-order valence-electron chi connectivity index (χ0n) is 7.86. The molecule has 1 saturated carbocycles. The first kappa shape index (κ1) is 9.06. The molecule has 0 spiro atoms. The highest BCUT2D eigenvalue weighted by atomic mass is 16.3. The van der Waals surface area contributed by atoms with Gasteiger partial charge in [0.1, 0.15) is 5.75 Å². The minimum Gasteiger partial charge on any atom is -0.507 e. The van der Waals surface area contributed by atoms with E-state index in [0.29, 0.717) is 0 Å². The average molecular weight is 191 g/mol. The second-order valence-corrected chi connectivity index (χ2v) is 3.86. The molecule has 0 aromatic heterocycles. The van der Waals surface area contributed by atoms with E-state index in [2.05, 4.69) is 0 Å². The van der Waals surface area contributed by atoms with Gasteiger partial charge in [0.2, 0.25) is 0 Å². The van der Waals surface area contributed by atoms with E-state index >= 15 is 0 Å². The summed E-state index contributed by atoms with van der Waals surface area (Å²) in [5.74, 6) is 0.164. The van der Waals surface area contributed by atoms with Crippen molar-refractivity contribution in [3.63, 3.8) is 0 Å². The highest BCUT2D eigenvalue weighted by Crippen LogP contribution is 2.33. The average Bonchev–Trinajstić information content (AvgIpc) is 2.92. The Morgan fingerprint density at radius 1 is 1.50 bits per heavy atom. The third kappa shape index (κ3) is 1.87. The molecule has 1 aromatic carbocycles. The van der Waals surface area contributed by atoms with Crippen LogP contribution in [0.25, 0.3) is 0 Å². The number of primary amides is 1. The van der Waals surface area contributed by atoms with Crippen molar-refractivity contribution in [2.24, 2.45) is 11.7 Å². The van der Waals surface area contributed by atoms with E-state index in [0.717, 1.165) is 17.9 Å². The Hall–Kier alpha value is -1.51. The van der Waals surface area contributed by atoms with Gasteiger partial charge in [0.05, 0.1) is 5.56 Å². The molecule has 1 amide bonds. The van der Waals surface area contributed by atoms with Crippen molar-refractivity contribution >= 4 is 5.91 Å². The summed E-state index contributed by atoms with van der Waals surface area (Å²) in [4.78, 5) is 10.9. The van der Waals surface area contributed by atoms with Crippen molar-refractivity contribution in [1.29, 1.82) is 0 Å². The van der Waals surface area contributed by atoms with Crippen LogP contribution in [0.4, 0.5) is 0 Å². The van der Waals surface area contributed by atoms with Gasteiger partial charge in [0.25, 0.3) is 5.91 Å². The van der Waals surface area contributed by atoms with Crippen LogP contribution in [0.3, 0.4) is 0 Å². The van der Waals surface area contributed by atoms with E-state index in [-0.39, 0.29) is 11.3 Å². The van der Waals surface area contributed by atoms with Gasteiger partial charge in [-0.05, 0) is 42.9 Å². The predicted molar refractivity (Wildman–Crippen MR) is 53.1 cm³/mol. The molecule has 0 atom stereocenters. The molecule has 1 aliphatic rings. The summed E-state index contributed by atoms with van der Waals surface area (Å²) >= 11 is 0. The SMILES string of the molecule is NC(=O)c1cc(CC2CC2)ccc1O. The predicted octanol–water partition coefficient (Wildman–Crippen LogP) is 1.44. The van der Waals surface area contributed by atoms with Crippen LogP contribution in [-0.2, 0) is 6.42 Å². The monoisotopic (exact) mass is 191 g/mol. The minimum absolute atomic E-state index is 0.0305. The van der Waals surface area contributed by atoms with Gasteiger partial charge in [-0.1, -0.05) is 6.07 Å². The van der Waals surface area contributed by atoms with Gasteiger partial charge < -0.3 is 10.8 Å². The zero-order chi connectivity index (χ0) is 10.1. The third-order valence-electron chi connectivity index (χ3n) is 2.55. The maximum atomic E-state index is 10.9. The standard InChI is InChI=1S/C11H13NO2/c12-11(14)9-6-8(3-4-10(9)13)5-7-1-2-7/h3-4,6-7,13H,1-2,5H2,(H2,12,14). The topological polar surface area (TPSA) is 63.3 Å². The van der Waals surface area contributed by atoms with Crippen molar-refractivity contribution in [2.75, 3.05) is 0 Å². The van der Waals surface area contributed by atoms with E-state index < -0.39 is 5.91 Å². The molecule has 0 bridgehead atoms.